The van der Waals surface area contributed by atoms with Crippen LogP contribution in [0.4, 0.5) is 0 Å². The van der Waals surface area contributed by atoms with Crippen LogP contribution in [0, 0.1) is 0 Å². The highest BCUT2D eigenvalue weighted by Crippen LogP contribution is 2.10. The second-order valence-corrected chi connectivity index (χ2v) is 7.47. The Morgan fingerprint density at radius 3 is 2.21 bits per heavy atom. The van der Waals surface area contributed by atoms with Gasteiger partial charge in [0, 0.05) is 19.2 Å². The highest BCUT2D eigenvalue weighted by atomic mass is 16.2. The Bertz CT molecular complexity index is 982. The molecule has 0 atom stereocenters. The van der Waals surface area contributed by atoms with Crippen molar-refractivity contribution in [2.75, 3.05) is 6.54 Å². The Morgan fingerprint density at radius 1 is 1.00 bits per heavy atom. The number of carbonyl (C=O) groups excluding carboxylic acids is 1. The molecule has 0 N–H and O–H groups in total. The van der Waals surface area contributed by atoms with E-state index in [2.05, 4.69) is 17.1 Å². The van der Waals surface area contributed by atoms with E-state index < -0.39 is 0 Å². The molecule has 0 unspecified atom stereocenters. The number of carbonyl (C=O) groups is 1. The minimum Gasteiger partial charge on any atom is -0.336 e. The first kappa shape index (κ1) is 20.5. The Labute approximate surface area is 171 Å². The molecule has 0 aliphatic heterocycles. The van der Waals surface area contributed by atoms with Gasteiger partial charge in [-0.15, -0.1) is 0 Å². The van der Waals surface area contributed by atoms with Gasteiger partial charge in [0.2, 0.25) is 5.91 Å². The van der Waals surface area contributed by atoms with E-state index in [1.54, 1.807) is 0 Å². The molecule has 3 rings (SSSR count). The van der Waals surface area contributed by atoms with Gasteiger partial charge in [0.05, 0.1) is 12.0 Å². The molecule has 0 fully saturated rings. The maximum absolute atomic E-state index is 13.0. The average molecular weight is 389 g/mol. The highest BCUT2D eigenvalue weighted by molar-refractivity contribution is 5.76. The topological polar surface area (TPSA) is 55.2 Å². The average Bonchev–Trinajstić information content (AvgIpc) is 2.73. The zero-order valence-electron chi connectivity index (χ0n) is 17.0. The van der Waals surface area contributed by atoms with E-state index in [1.165, 1.54) is 22.5 Å². The third-order valence-corrected chi connectivity index (χ3v) is 4.88. The van der Waals surface area contributed by atoms with Crippen LogP contribution < -0.4 is 5.56 Å². The second-order valence-electron chi connectivity index (χ2n) is 7.47. The minimum absolute atomic E-state index is 0.00810. The summed E-state index contributed by atoms with van der Waals surface area (Å²) in [5.74, 6) is 0.0829. The van der Waals surface area contributed by atoms with Crippen LogP contribution >= 0.6 is 0 Å². The van der Waals surface area contributed by atoms with Gasteiger partial charge in [-0.25, -0.2) is 4.98 Å². The van der Waals surface area contributed by atoms with E-state index >= 15 is 0 Å². The number of amides is 1. The molecule has 5 heteroatoms. The van der Waals surface area contributed by atoms with Crippen LogP contribution in [-0.2, 0) is 24.3 Å². The number of hydrogen-bond acceptors (Lipinski definition) is 3. The Hall–Kier alpha value is -3.21. The Morgan fingerprint density at radius 2 is 1.62 bits per heavy atom. The van der Waals surface area contributed by atoms with Crippen LogP contribution in [0.2, 0.25) is 0 Å². The number of nitrogens with zero attached hydrogens (tertiary/aromatic N) is 3. The molecule has 5 nitrogen and oxygen atoms in total. The van der Waals surface area contributed by atoms with Gasteiger partial charge in [-0.2, -0.15) is 0 Å². The van der Waals surface area contributed by atoms with Crippen LogP contribution in [-0.4, -0.2) is 26.9 Å². The van der Waals surface area contributed by atoms with Crippen molar-refractivity contribution >= 4 is 5.91 Å². The zero-order valence-corrected chi connectivity index (χ0v) is 17.0. The van der Waals surface area contributed by atoms with E-state index in [4.69, 9.17) is 0 Å². The van der Waals surface area contributed by atoms with Crippen LogP contribution in [0.5, 0.6) is 0 Å². The van der Waals surface area contributed by atoms with E-state index in [0.717, 1.165) is 17.7 Å². The molecule has 0 spiro atoms. The molecule has 0 aliphatic rings. The van der Waals surface area contributed by atoms with Crippen LogP contribution in [0.15, 0.2) is 77.9 Å². The predicted molar refractivity (Wildman–Crippen MR) is 115 cm³/mol. The molecular weight excluding hydrogens is 362 g/mol. The van der Waals surface area contributed by atoms with Gasteiger partial charge in [0.25, 0.3) is 5.56 Å². The van der Waals surface area contributed by atoms with Crippen molar-refractivity contribution in [1.29, 1.82) is 0 Å². The largest absolute Gasteiger partial charge is 0.336 e. The lowest BCUT2D eigenvalue weighted by atomic mass is 10.1. The lowest BCUT2D eigenvalue weighted by molar-refractivity contribution is -0.132. The van der Waals surface area contributed by atoms with Crippen molar-refractivity contribution in [3.05, 3.63) is 100 Å². The van der Waals surface area contributed by atoms with Gasteiger partial charge in [-0.1, -0.05) is 74.5 Å². The summed E-state index contributed by atoms with van der Waals surface area (Å²) in [6, 6.07) is 21.5. The van der Waals surface area contributed by atoms with Crippen molar-refractivity contribution < 1.29 is 4.79 Å². The normalized spacial score (nSPS) is 10.9. The van der Waals surface area contributed by atoms with Crippen molar-refractivity contribution in [1.82, 2.24) is 14.5 Å². The maximum atomic E-state index is 13.0. The molecule has 1 heterocycles. The van der Waals surface area contributed by atoms with Gasteiger partial charge in [-0.05, 0) is 23.5 Å². The summed E-state index contributed by atoms with van der Waals surface area (Å²) in [6.45, 7) is 5.07. The van der Waals surface area contributed by atoms with Crippen molar-refractivity contribution in [2.45, 2.75) is 39.3 Å². The van der Waals surface area contributed by atoms with Crippen molar-refractivity contribution in [2.24, 2.45) is 0 Å². The summed E-state index contributed by atoms with van der Waals surface area (Å²) >= 11 is 0. The molecule has 0 saturated carbocycles. The van der Waals surface area contributed by atoms with Crippen LogP contribution in [0.1, 0.15) is 36.6 Å². The number of hydrogen-bond donors (Lipinski definition) is 0. The fourth-order valence-electron chi connectivity index (χ4n) is 3.12. The maximum Gasteiger partial charge on any atom is 0.254 e. The van der Waals surface area contributed by atoms with Gasteiger partial charge >= 0.3 is 0 Å². The molecule has 3 aromatic rings. The van der Waals surface area contributed by atoms with Gasteiger partial charge in [0.1, 0.15) is 6.54 Å². The number of aromatic nitrogens is 2. The zero-order chi connectivity index (χ0) is 20.6. The Kier molecular flexibility index (Phi) is 6.95. The third kappa shape index (κ3) is 5.88. The smallest absolute Gasteiger partial charge is 0.254 e. The van der Waals surface area contributed by atoms with Crippen LogP contribution in [0.25, 0.3) is 0 Å². The monoisotopic (exact) mass is 389 g/mol. The molecule has 150 valence electrons. The first-order chi connectivity index (χ1) is 14.0. The molecule has 1 amide bonds. The van der Waals surface area contributed by atoms with Gasteiger partial charge in [0.15, 0.2) is 0 Å². The molecule has 0 aliphatic carbocycles. The van der Waals surface area contributed by atoms with E-state index in [9.17, 15) is 9.59 Å². The summed E-state index contributed by atoms with van der Waals surface area (Å²) in [4.78, 5) is 31.6. The van der Waals surface area contributed by atoms with Crippen molar-refractivity contribution in [3.8, 4) is 0 Å². The first-order valence-electron chi connectivity index (χ1n) is 9.95. The molecule has 0 radical (unpaired) electrons. The number of benzene rings is 2. The van der Waals surface area contributed by atoms with Gasteiger partial charge in [-0.3, -0.25) is 14.2 Å². The summed E-state index contributed by atoms with van der Waals surface area (Å²) in [5.41, 5.74) is 2.79. The minimum atomic E-state index is -0.195. The van der Waals surface area contributed by atoms with Crippen molar-refractivity contribution in [3.63, 3.8) is 0 Å². The molecule has 1 aromatic heterocycles. The molecular formula is C24H27N3O2. The summed E-state index contributed by atoms with van der Waals surface area (Å²) in [7, 11) is 0. The van der Waals surface area contributed by atoms with E-state index in [0.29, 0.717) is 13.1 Å². The second kappa shape index (κ2) is 9.82. The summed E-state index contributed by atoms with van der Waals surface area (Å²) in [5, 5.41) is 0. The number of rotatable bonds is 8. The fourth-order valence-corrected chi connectivity index (χ4v) is 3.12. The highest BCUT2D eigenvalue weighted by Gasteiger charge is 2.16. The van der Waals surface area contributed by atoms with Gasteiger partial charge < -0.3 is 4.90 Å². The predicted octanol–water partition coefficient (Wildman–Crippen LogP) is 3.64. The molecule has 0 bridgehead atoms. The van der Waals surface area contributed by atoms with E-state index in [-0.39, 0.29) is 23.9 Å². The quantitative estimate of drug-likeness (QED) is 0.591. The first-order valence-corrected chi connectivity index (χ1v) is 9.95. The summed E-state index contributed by atoms with van der Waals surface area (Å²) < 4.78 is 1.38. The molecule has 0 saturated heterocycles. The third-order valence-electron chi connectivity index (χ3n) is 4.88. The molecule has 2 aromatic carbocycles. The molecule has 29 heavy (non-hydrogen) atoms. The van der Waals surface area contributed by atoms with E-state index in [1.807, 2.05) is 67.3 Å². The Balaban J connectivity index is 1.75. The van der Waals surface area contributed by atoms with Crippen LogP contribution in [0.3, 0.4) is 0 Å². The fraction of sp³-hybridized carbons (Fsp3) is 0.292. The standard InChI is InChI=1S/C24H27N3O2/c1-19(2)22-15-23(28)27(18-25-22)17-24(29)26(16-21-11-7-4-8-12-21)14-13-20-9-5-3-6-10-20/h3-12,15,18-19H,13-14,16-17H2,1-2H3. The summed E-state index contributed by atoms with van der Waals surface area (Å²) in [6.07, 6.45) is 2.24. The lowest BCUT2D eigenvalue weighted by Gasteiger charge is -2.23. The lowest BCUT2D eigenvalue weighted by Crippen LogP contribution is -2.37. The SMILES string of the molecule is CC(C)c1cc(=O)n(CC(=O)N(CCc2ccccc2)Cc2ccccc2)cn1.